The number of fused-ring (bicyclic) bond motifs is 1. The number of carbonyl (C=O) groups is 2. The van der Waals surface area contributed by atoms with Crippen LogP contribution in [0.2, 0.25) is 5.02 Å². The van der Waals surface area contributed by atoms with Crippen molar-refractivity contribution in [1.29, 1.82) is 0 Å². The lowest BCUT2D eigenvalue weighted by atomic mass is 10.1. The number of benzene rings is 2. The van der Waals surface area contributed by atoms with Gasteiger partial charge in [0.25, 0.3) is 11.8 Å². The summed E-state index contributed by atoms with van der Waals surface area (Å²) in [4.78, 5) is 31.9. The molecule has 2 amide bonds. The zero-order valence-corrected chi connectivity index (χ0v) is 18.3. The standard InChI is InChI=1S/C23H20ClN5O3/c1-3-14-7-9-17(10-8-14)29-22(30)19-20(23(29)31)28(27-26-19)12-18-13(2)32-21(25-18)15-5-4-6-16(24)11-15/h4-11,19-20H,3,12H2,1-2H3/t19-,20-/m1/s1. The third kappa shape index (κ3) is 3.36. The highest BCUT2D eigenvalue weighted by Crippen LogP contribution is 2.34. The summed E-state index contributed by atoms with van der Waals surface area (Å²) in [5.74, 6) is 0.319. The van der Waals surface area contributed by atoms with E-state index in [1.807, 2.05) is 31.2 Å². The molecule has 3 aromatic rings. The fraction of sp³-hybridized carbons (Fsp3) is 0.261. The SMILES string of the molecule is CCc1ccc(N2C(=O)[C@@H]3N=NN(Cc4nc(-c5cccc(Cl)c5)oc4C)[C@H]3C2=O)cc1. The summed E-state index contributed by atoms with van der Waals surface area (Å²) < 4.78 is 5.81. The molecule has 162 valence electrons. The van der Waals surface area contributed by atoms with Crippen LogP contribution < -0.4 is 4.90 Å². The minimum atomic E-state index is -0.854. The van der Waals surface area contributed by atoms with E-state index in [1.165, 1.54) is 9.91 Å². The summed E-state index contributed by atoms with van der Waals surface area (Å²) in [6.07, 6.45) is 0.879. The molecular weight excluding hydrogens is 430 g/mol. The topological polar surface area (TPSA) is 91.4 Å². The van der Waals surface area contributed by atoms with Crippen LogP contribution in [-0.4, -0.2) is 33.9 Å². The Hall–Kier alpha value is -3.52. The van der Waals surface area contributed by atoms with Crippen LogP contribution in [-0.2, 0) is 22.6 Å². The quantitative estimate of drug-likeness (QED) is 0.540. The first-order chi connectivity index (χ1) is 15.5. The van der Waals surface area contributed by atoms with Gasteiger partial charge in [-0.05, 0) is 49.2 Å². The summed E-state index contributed by atoms with van der Waals surface area (Å²) in [5.41, 5.74) is 3.04. The maximum Gasteiger partial charge on any atom is 0.263 e. The van der Waals surface area contributed by atoms with Crippen LogP contribution >= 0.6 is 11.6 Å². The Bertz CT molecular complexity index is 1240. The van der Waals surface area contributed by atoms with Gasteiger partial charge in [-0.1, -0.05) is 41.9 Å². The lowest BCUT2D eigenvalue weighted by molar-refractivity contribution is -0.123. The molecule has 2 aliphatic heterocycles. The van der Waals surface area contributed by atoms with E-state index in [4.69, 9.17) is 16.0 Å². The van der Waals surface area contributed by atoms with E-state index in [-0.39, 0.29) is 18.4 Å². The Kier molecular flexibility index (Phi) is 5.01. The Morgan fingerprint density at radius 3 is 2.59 bits per heavy atom. The number of rotatable bonds is 5. The molecule has 8 nitrogen and oxygen atoms in total. The van der Waals surface area contributed by atoms with E-state index in [1.54, 1.807) is 31.2 Å². The molecule has 0 unspecified atom stereocenters. The molecule has 1 fully saturated rings. The van der Waals surface area contributed by atoms with Crippen molar-refractivity contribution in [3.05, 3.63) is 70.6 Å². The molecule has 0 saturated carbocycles. The first-order valence-corrected chi connectivity index (χ1v) is 10.7. The van der Waals surface area contributed by atoms with Crippen LogP contribution in [0.5, 0.6) is 0 Å². The maximum atomic E-state index is 13.2. The summed E-state index contributed by atoms with van der Waals surface area (Å²) >= 11 is 6.07. The van der Waals surface area contributed by atoms with Crippen LogP contribution in [0, 0.1) is 6.92 Å². The fourth-order valence-electron chi connectivity index (χ4n) is 3.96. The zero-order chi connectivity index (χ0) is 22.4. The van der Waals surface area contributed by atoms with Crippen molar-refractivity contribution < 1.29 is 14.0 Å². The first-order valence-electron chi connectivity index (χ1n) is 10.3. The number of aryl methyl sites for hydroxylation is 2. The van der Waals surface area contributed by atoms with Gasteiger partial charge in [-0.3, -0.25) is 14.6 Å². The molecule has 0 radical (unpaired) electrons. The molecule has 0 bridgehead atoms. The van der Waals surface area contributed by atoms with Gasteiger partial charge in [0.05, 0.1) is 12.2 Å². The predicted molar refractivity (Wildman–Crippen MR) is 118 cm³/mol. The van der Waals surface area contributed by atoms with Gasteiger partial charge in [-0.25, -0.2) is 9.88 Å². The van der Waals surface area contributed by atoms with Crippen molar-refractivity contribution in [2.45, 2.75) is 38.9 Å². The number of nitrogens with zero attached hydrogens (tertiary/aromatic N) is 5. The molecule has 0 aliphatic carbocycles. The lowest BCUT2D eigenvalue weighted by Gasteiger charge is -2.20. The molecule has 0 N–H and O–H groups in total. The number of anilines is 1. The lowest BCUT2D eigenvalue weighted by Crippen LogP contribution is -2.39. The van der Waals surface area contributed by atoms with Crippen LogP contribution in [0.4, 0.5) is 5.69 Å². The third-order valence-corrected chi connectivity index (χ3v) is 5.97. The van der Waals surface area contributed by atoms with Gasteiger partial charge in [0.15, 0.2) is 12.1 Å². The van der Waals surface area contributed by atoms with E-state index in [2.05, 4.69) is 15.3 Å². The van der Waals surface area contributed by atoms with Crippen molar-refractivity contribution in [3.8, 4) is 11.5 Å². The molecule has 3 heterocycles. The highest BCUT2D eigenvalue weighted by molar-refractivity contribution is 6.30. The number of aromatic nitrogens is 1. The highest BCUT2D eigenvalue weighted by Gasteiger charge is 2.54. The summed E-state index contributed by atoms with van der Waals surface area (Å²) in [6, 6.07) is 13.0. The number of imide groups is 1. The number of hydrogen-bond donors (Lipinski definition) is 0. The van der Waals surface area contributed by atoms with E-state index in [9.17, 15) is 9.59 Å². The highest BCUT2D eigenvalue weighted by atomic mass is 35.5. The van der Waals surface area contributed by atoms with Crippen LogP contribution in [0.1, 0.15) is 23.9 Å². The Morgan fingerprint density at radius 1 is 1.09 bits per heavy atom. The van der Waals surface area contributed by atoms with Crippen LogP contribution in [0.25, 0.3) is 11.5 Å². The maximum absolute atomic E-state index is 13.2. The Morgan fingerprint density at radius 2 is 1.88 bits per heavy atom. The number of oxazole rings is 1. The van der Waals surface area contributed by atoms with E-state index in [0.717, 1.165) is 17.5 Å². The van der Waals surface area contributed by atoms with E-state index in [0.29, 0.717) is 28.1 Å². The Balaban J connectivity index is 1.38. The second-order valence-electron chi connectivity index (χ2n) is 7.76. The average molecular weight is 450 g/mol. The first kappa shape index (κ1) is 20.4. The number of amides is 2. The van der Waals surface area contributed by atoms with Gasteiger partial charge in [-0.2, -0.15) is 5.11 Å². The predicted octanol–water partition coefficient (Wildman–Crippen LogP) is 4.36. The molecule has 2 aliphatic rings. The van der Waals surface area contributed by atoms with Gasteiger partial charge >= 0.3 is 0 Å². The van der Waals surface area contributed by atoms with Crippen molar-refractivity contribution in [1.82, 2.24) is 9.99 Å². The molecule has 5 rings (SSSR count). The largest absolute Gasteiger partial charge is 0.441 e. The average Bonchev–Trinajstić information content (AvgIpc) is 3.44. The minimum absolute atomic E-state index is 0.197. The molecule has 0 spiro atoms. The van der Waals surface area contributed by atoms with E-state index >= 15 is 0 Å². The molecule has 2 aromatic carbocycles. The molecule has 2 atom stereocenters. The molecule has 32 heavy (non-hydrogen) atoms. The monoisotopic (exact) mass is 449 g/mol. The van der Waals surface area contributed by atoms with Gasteiger partial charge in [0.2, 0.25) is 5.89 Å². The molecular formula is C23H20ClN5O3. The van der Waals surface area contributed by atoms with Gasteiger partial charge in [-0.15, -0.1) is 0 Å². The summed E-state index contributed by atoms with van der Waals surface area (Å²) in [6.45, 7) is 4.04. The minimum Gasteiger partial charge on any atom is -0.441 e. The smallest absolute Gasteiger partial charge is 0.263 e. The van der Waals surface area contributed by atoms with Gasteiger partial charge in [0.1, 0.15) is 11.5 Å². The van der Waals surface area contributed by atoms with E-state index < -0.39 is 12.1 Å². The van der Waals surface area contributed by atoms with Crippen LogP contribution in [0.3, 0.4) is 0 Å². The summed E-state index contributed by atoms with van der Waals surface area (Å²) in [7, 11) is 0. The van der Waals surface area contributed by atoms with Gasteiger partial charge < -0.3 is 4.42 Å². The van der Waals surface area contributed by atoms with Crippen LogP contribution in [0.15, 0.2) is 63.3 Å². The normalized spacial score (nSPS) is 19.8. The zero-order valence-electron chi connectivity index (χ0n) is 17.5. The number of carbonyl (C=O) groups excluding carboxylic acids is 2. The fourth-order valence-corrected chi connectivity index (χ4v) is 4.15. The van der Waals surface area contributed by atoms with Crippen molar-refractivity contribution >= 4 is 29.1 Å². The van der Waals surface area contributed by atoms with Crippen molar-refractivity contribution in [3.63, 3.8) is 0 Å². The summed E-state index contributed by atoms with van der Waals surface area (Å²) in [5, 5.41) is 10.3. The second-order valence-corrected chi connectivity index (χ2v) is 8.19. The van der Waals surface area contributed by atoms with Gasteiger partial charge in [0, 0.05) is 10.6 Å². The molecule has 1 saturated heterocycles. The second kappa shape index (κ2) is 7.87. The van der Waals surface area contributed by atoms with Crippen molar-refractivity contribution in [2.75, 3.05) is 4.90 Å². The van der Waals surface area contributed by atoms with Crippen molar-refractivity contribution in [2.24, 2.45) is 10.3 Å². The number of hydrogen-bond acceptors (Lipinski definition) is 7. The third-order valence-electron chi connectivity index (χ3n) is 5.74. The molecule has 9 heteroatoms. The molecule has 1 aromatic heterocycles. The Labute approximate surface area is 189 Å². The number of halogens is 1.